The minimum atomic E-state index is -0.227. The van der Waals surface area contributed by atoms with Crippen LogP contribution in [0.4, 0.5) is 10.1 Å². The lowest BCUT2D eigenvalue weighted by molar-refractivity contribution is 0.410. The number of halogens is 1. The number of hydrogen-bond donors (Lipinski definition) is 1. The number of rotatable bonds is 5. The van der Waals surface area contributed by atoms with E-state index in [1.54, 1.807) is 19.2 Å². The monoisotopic (exact) mass is 273 g/mol. The Morgan fingerprint density at radius 1 is 1.10 bits per heavy atom. The van der Waals surface area contributed by atoms with E-state index in [2.05, 4.69) is 31.3 Å². The molecular weight excluding hydrogens is 253 g/mol. The van der Waals surface area contributed by atoms with Gasteiger partial charge in [0.1, 0.15) is 11.6 Å². The van der Waals surface area contributed by atoms with E-state index >= 15 is 0 Å². The third kappa shape index (κ3) is 3.50. The van der Waals surface area contributed by atoms with Crippen molar-refractivity contribution in [2.45, 2.75) is 26.3 Å². The molecule has 1 N–H and O–H groups in total. The largest absolute Gasteiger partial charge is 0.496 e. The molecule has 2 aromatic rings. The van der Waals surface area contributed by atoms with Crippen LogP contribution in [0.2, 0.25) is 0 Å². The Hall–Kier alpha value is -2.03. The van der Waals surface area contributed by atoms with Crippen LogP contribution < -0.4 is 10.1 Å². The van der Waals surface area contributed by atoms with E-state index in [4.69, 9.17) is 4.74 Å². The molecular formula is C17H20FNO. The molecule has 0 unspecified atom stereocenters. The van der Waals surface area contributed by atoms with E-state index in [1.807, 2.05) is 6.07 Å². The first-order valence-electron chi connectivity index (χ1n) is 6.76. The van der Waals surface area contributed by atoms with Gasteiger partial charge in [0.25, 0.3) is 0 Å². The Morgan fingerprint density at radius 2 is 1.80 bits per heavy atom. The molecule has 0 aromatic heterocycles. The third-order valence-corrected chi connectivity index (χ3v) is 3.30. The van der Waals surface area contributed by atoms with Crippen LogP contribution in [0.1, 0.15) is 30.9 Å². The highest BCUT2D eigenvalue weighted by Gasteiger charge is 2.07. The lowest BCUT2D eigenvalue weighted by atomic mass is 10.00. The second kappa shape index (κ2) is 6.42. The Bertz CT molecular complexity index is 564. The molecule has 0 radical (unpaired) electrons. The van der Waals surface area contributed by atoms with E-state index < -0.39 is 0 Å². The van der Waals surface area contributed by atoms with E-state index in [-0.39, 0.29) is 5.82 Å². The van der Waals surface area contributed by atoms with Crippen molar-refractivity contribution in [2.24, 2.45) is 0 Å². The van der Waals surface area contributed by atoms with Gasteiger partial charge in [-0.15, -0.1) is 0 Å². The topological polar surface area (TPSA) is 21.3 Å². The van der Waals surface area contributed by atoms with Gasteiger partial charge in [-0.3, -0.25) is 0 Å². The SMILES string of the molecule is COc1ccc(C(C)C)cc1CNc1ccc(F)cc1. The minimum absolute atomic E-state index is 0.227. The standard InChI is InChI=1S/C17H20FNO/c1-12(2)13-4-9-17(20-3)14(10-13)11-19-16-7-5-15(18)6-8-16/h4-10,12,19H,11H2,1-3H3. The predicted octanol–water partition coefficient (Wildman–Crippen LogP) is 4.57. The molecule has 3 heteroatoms. The summed E-state index contributed by atoms with van der Waals surface area (Å²) in [6.07, 6.45) is 0. The zero-order chi connectivity index (χ0) is 14.5. The first-order valence-corrected chi connectivity index (χ1v) is 6.76. The van der Waals surface area contributed by atoms with E-state index in [9.17, 15) is 4.39 Å². The maximum Gasteiger partial charge on any atom is 0.123 e. The summed E-state index contributed by atoms with van der Waals surface area (Å²) in [5, 5.41) is 3.28. The Balaban J connectivity index is 2.14. The Morgan fingerprint density at radius 3 is 2.40 bits per heavy atom. The van der Waals surface area contributed by atoms with Gasteiger partial charge < -0.3 is 10.1 Å². The molecule has 106 valence electrons. The van der Waals surface area contributed by atoms with Gasteiger partial charge in [0, 0.05) is 17.8 Å². The van der Waals surface area contributed by atoms with Crippen LogP contribution in [-0.2, 0) is 6.54 Å². The summed E-state index contributed by atoms with van der Waals surface area (Å²) in [7, 11) is 1.67. The van der Waals surface area contributed by atoms with E-state index in [1.165, 1.54) is 17.7 Å². The lowest BCUT2D eigenvalue weighted by Gasteiger charge is -2.14. The fourth-order valence-corrected chi connectivity index (χ4v) is 2.06. The molecule has 0 aliphatic rings. The normalized spacial score (nSPS) is 10.7. The number of anilines is 1. The van der Waals surface area contributed by atoms with E-state index in [0.29, 0.717) is 12.5 Å². The van der Waals surface area contributed by atoms with Crippen LogP contribution in [0.25, 0.3) is 0 Å². The highest BCUT2D eigenvalue weighted by Crippen LogP contribution is 2.25. The van der Waals surface area contributed by atoms with Crippen LogP contribution in [0.5, 0.6) is 5.75 Å². The van der Waals surface area contributed by atoms with Crippen molar-refractivity contribution in [2.75, 3.05) is 12.4 Å². The van der Waals surface area contributed by atoms with Crippen LogP contribution in [0, 0.1) is 5.82 Å². The number of methoxy groups -OCH3 is 1. The molecule has 0 bridgehead atoms. The fourth-order valence-electron chi connectivity index (χ4n) is 2.06. The van der Waals surface area contributed by atoms with Gasteiger partial charge in [-0.2, -0.15) is 0 Å². The van der Waals surface area contributed by atoms with Crippen molar-refractivity contribution < 1.29 is 9.13 Å². The van der Waals surface area contributed by atoms with E-state index in [0.717, 1.165) is 17.0 Å². The molecule has 0 saturated carbocycles. The molecule has 20 heavy (non-hydrogen) atoms. The first kappa shape index (κ1) is 14.4. The minimum Gasteiger partial charge on any atom is -0.496 e. The zero-order valence-electron chi connectivity index (χ0n) is 12.1. The molecule has 0 heterocycles. The quantitative estimate of drug-likeness (QED) is 0.861. The molecule has 0 fully saturated rings. The molecule has 2 rings (SSSR count). The molecule has 2 nitrogen and oxygen atoms in total. The summed E-state index contributed by atoms with van der Waals surface area (Å²) in [4.78, 5) is 0. The summed E-state index contributed by atoms with van der Waals surface area (Å²) >= 11 is 0. The number of ether oxygens (including phenoxy) is 1. The molecule has 0 amide bonds. The molecule has 0 aliphatic carbocycles. The zero-order valence-corrected chi connectivity index (χ0v) is 12.1. The highest BCUT2D eigenvalue weighted by atomic mass is 19.1. The third-order valence-electron chi connectivity index (χ3n) is 3.30. The van der Waals surface area contributed by atoms with Gasteiger partial charge in [-0.1, -0.05) is 26.0 Å². The van der Waals surface area contributed by atoms with Gasteiger partial charge in [0.15, 0.2) is 0 Å². The van der Waals surface area contributed by atoms with Crippen LogP contribution >= 0.6 is 0 Å². The van der Waals surface area contributed by atoms with Crippen molar-refractivity contribution in [1.82, 2.24) is 0 Å². The predicted molar refractivity (Wildman–Crippen MR) is 80.8 cm³/mol. The summed E-state index contributed by atoms with van der Waals surface area (Å²) in [6.45, 7) is 4.98. The maximum absolute atomic E-state index is 12.9. The van der Waals surface area contributed by atoms with Gasteiger partial charge >= 0.3 is 0 Å². The van der Waals surface area contributed by atoms with Crippen LogP contribution in [-0.4, -0.2) is 7.11 Å². The van der Waals surface area contributed by atoms with Crippen LogP contribution in [0.3, 0.4) is 0 Å². The molecule has 0 aliphatic heterocycles. The van der Waals surface area contributed by atoms with Gasteiger partial charge in [-0.05, 0) is 41.8 Å². The average molecular weight is 273 g/mol. The number of benzene rings is 2. The fraction of sp³-hybridized carbons (Fsp3) is 0.294. The second-order valence-electron chi connectivity index (χ2n) is 5.09. The smallest absolute Gasteiger partial charge is 0.123 e. The molecule has 0 atom stereocenters. The Labute approximate surface area is 119 Å². The summed E-state index contributed by atoms with van der Waals surface area (Å²) < 4.78 is 18.3. The Kier molecular flexibility index (Phi) is 4.61. The molecule has 2 aromatic carbocycles. The van der Waals surface area contributed by atoms with Gasteiger partial charge in [0.2, 0.25) is 0 Å². The highest BCUT2D eigenvalue weighted by molar-refractivity contribution is 5.46. The van der Waals surface area contributed by atoms with Crippen molar-refractivity contribution in [3.8, 4) is 5.75 Å². The van der Waals surface area contributed by atoms with Crippen molar-refractivity contribution >= 4 is 5.69 Å². The first-order chi connectivity index (χ1) is 9.60. The summed E-state index contributed by atoms with van der Waals surface area (Å²) in [5.74, 6) is 1.12. The molecule has 0 saturated heterocycles. The summed E-state index contributed by atoms with van der Waals surface area (Å²) in [6, 6.07) is 12.6. The molecule has 0 spiro atoms. The second-order valence-corrected chi connectivity index (χ2v) is 5.09. The van der Waals surface area contributed by atoms with Crippen molar-refractivity contribution in [3.05, 3.63) is 59.4 Å². The lowest BCUT2D eigenvalue weighted by Crippen LogP contribution is -2.03. The summed E-state index contributed by atoms with van der Waals surface area (Å²) in [5.41, 5.74) is 3.27. The maximum atomic E-state index is 12.9. The van der Waals surface area contributed by atoms with Crippen LogP contribution in [0.15, 0.2) is 42.5 Å². The number of nitrogens with one attached hydrogen (secondary N) is 1. The van der Waals surface area contributed by atoms with Gasteiger partial charge in [-0.25, -0.2) is 4.39 Å². The van der Waals surface area contributed by atoms with Crippen molar-refractivity contribution in [1.29, 1.82) is 0 Å². The number of hydrogen-bond acceptors (Lipinski definition) is 2. The average Bonchev–Trinajstić information content (AvgIpc) is 2.46. The van der Waals surface area contributed by atoms with Crippen molar-refractivity contribution in [3.63, 3.8) is 0 Å². The van der Waals surface area contributed by atoms with Gasteiger partial charge in [0.05, 0.1) is 7.11 Å².